The third-order valence-corrected chi connectivity index (χ3v) is 5.37. The van der Waals surface area contributed by atoms with Gasteiger partial charge in [0.2, 0.25) is 10.0 Å². The Hall–Kier alpha value is -0.390. The molecule has 1 aromatic carbocycles. The van der Waals surface area contributed by atoms with Gasteiger partial charge in [0.15, 0.2) is 0 Å². The number of aryl methyl sites for hydroxylation is 1. The fraction of sp³-hybridized carbons (Fsp3) is 0.600. The zero-order valence-electron chi connectivity index (χ0n) is 12.9. The van der Waals surface area contributed by atoms with Crippen molar-refractivity contribution in [3.63, 3.8) is 0 Å². The predicted molar refractivity (Wildman–Crippen MR) is 87.3 cm³/mol. The zero-order valence-corrected chi connectivity index (χ0v) is 15.3. The molecule has 0 aliphatic heterocycles. The van der Waals surface area contributed by atoms with Crippen molar-refractivity contribution in [1.29, 1.82) is 0 Å². The highest BCUT2D eigenvalue weighted by atomic mass is 79.9. The molecule has 0 atom stereocenters. The molecule has 0 aliphatic rings. The third kappa shape index (κ3) is 4.57. The summed E-state index contributed by atoms with van der Waals surface area (Å²) in [5, 5.41) is 0. The molecule has 0 saturated heterocycles. The van der Waals surface area contributed by atoms with Crippen LogP contribution < -0.4 is 0 Å². The standard InChI is InChI=1S/C15H24BrNO2S/c1-11(2)9-17(10-12(3)4)20(18,19)15-8-14(16)7-6-13(15)5/h6-8,11-12H,9-10H2,1-5H3. The molecule has 0 fully saturated rings. The maximum absolute atomic E-state index is 12.9. The molecule has 0 heterocycles. The lowest BCUT2D eigenvalue weighted by Gasteiger charge is -2.26. The van der Waals surface area contributed by atoms with Gasteiger partial charge >= 0.3 is 0 Å². The van der Waals surface area contributed by atoms with E-state index in [-0.39, 0.29) is 0 Å². The number of benzene rings is 1. The normalized spacial score (nSPS) is 12.7. The van der Waals surface area contributed by atoms with E-state index in [0.717, 1.165) is 10.0 Å². The molecule has 0 aromatic heterocycles. The first kappa shape index (κ1) is 17.7. The fourth-order valence-electron chi connectivity index (χ4n) is 2.08. The van der Waals surface area contributed by atoms with Gasteiger partial charge in [0.05, 0.1) is 4.90 Å². The van der Waals surface area contributed by atoms with E-state index in [0.29, 0.717) is 29.8 Å². The van der Waals surface area contributed by atoms with Crippen LogP contribution in [0.5, 0.6) is 0 Å². The van der Waals surface area contributed by atoms with Gasteiger partial charge in [0.25, 0.3) is 0 Å². The molecule has 0 bridgehead atoms. The van der Waals surface area contributed by atoms with Gasteiger partial charge in [-0.1, -0.05) is 49.7 Å². The molecule has 0 saturated carbocycles. The topological polar surface area (TPSA) is 37.4 Å². The Morgan fingerprint density at radius 1 is 1.10 bits per heavy atom. The third-order valence-electron chi connectivity index (χ3n) is 2.91. The van der Waals surface area contributed by atoms with E-state index in [2.05, 4.69) is 15.9 Å². The maximum Gasteiger partial charge on any atom is 0.243 e. The van der Waals surface area contributed by atoms with Crippen molar-refractivity contribution >= 4 is 26.0 Å². The van der Waals surface area contributed by atoms with E-state index in [9.17, 15) is 8.42 Å². The molecule has 5 heteroatoms. The lowest BCUT2D eigenvalue weighted by molar-refractivity contribution is 0.333. The first-order valence-corrected chi connectivity index (χ1v) is 9.14. The molecule has 1 rings (SSSR count). The van der Waals surface area contributed by atoms with Crippen molar-refractivity contribution in [2.45, 2.75) is 39.5 Å². The summed E-state index contributed by atoms with van der Waals surface area (Å²) in [4.78, 5) is 0.396. The van der Waals surface area contributed by atoms with Crippen LogP contribution in [0.1, 0.15) is 33.3 Å². The summed E-state index contributed by atoms with van der Waals surface area (Å²) in [6.07, 6.45) is 0. The summed E-state index contributed by atoms with van der Waals surface area (Å²) < 4.78 is 28.2. The number of rotatable bonds is 6. The van der Waals surface area contributed by atoms with Crippen molar-refractivity contribution in [1.82, 2.24) is 4.31 Å². The largest absolute Gasteiger partial charge is 0.243 e. The van der Waals surface area contributed by atoms with Crippen molar-refractivity contribution in [3.05, 3.63) is 28.2 Å². The number of hydrogen-bond acceptors (Lipinski definition) is 2. The molecule has 0 unspecified atom stereocenters. The van der Waals surface area contributed by atoms with Crippen LogP contribution in [0, 0.1) is 18.8 Å². The predicted octanol–water partition coefficient (Wildman–Crippen LogP) is 4.06. The van der Waals surface area contributed by atoms with Crippen LogP contribution in [0.15, 0.2) is 27.6 Å². The summed E-state index contributed by atoms with van der Waals surface area (Å²) in [5.74, 6) is 0.604. The van der Waals surface area contributed by atoms with Crippen molar-refractivity contribution < 1.29 is 8.42 Å². The SMILES string of the molecule is Cc1ccc(Br)cc1S(=O)(=O)N(CC(C)C)CC(C)C. The Kier molecular flexibility index (Phi) is 6.23. The molecule has 0 radical (unpaired) electrons. The van der Waals surface area contributed by atoms with Crippen LogP contribution in [-0.2, 0) is 10.0 Å². The van der Waals surface area contributed by atoms with Gasteiger partial charge in [-0.3, -0.25) is 0 Å². The summed E-state index contributed by atoms with van der Waals surface area (Å²) in [7, 11) is -3.44. The van der Waals surface area contributed by atoms with Gasteiger partial charge in [-0.25, -0.2) is 8.42 Å². The smallest absolute Gasteiger partial charge is 0.207 e. The molecule has 114 valence electrons. The lowest BCUT2D eigenvalue weighted by atomic mass is 10.2. The summed E-state index contributed by atoms with van der Waals surface area (Å²) in [5.41, 5.74) is 0.783. The number of sulfonamides is 1. The molecule has 0 aliphatic carbocycles. The summed E-state index contributed by atoms with van der Waals surface area (Å²) >= 11 is 3.36. The van der Waals surface area contributed by atoms with E-state index in [1.165, 1.54) is 0 Å². The van der Waals surface area contributed by atoms with Gasteiger partial charge in [-0.05, 0) is 36.5 Å². The van der Waals surface area contributed by atoms with Crippen LogP contribution in [0.2, 0.25) is 0 Å². The first-order valence-electron chi connectivity index (χ1n) is 6.91. The highest BCUT2D eigenvalue weighted by Crippen LogP contribution is 2.25. The van der Waals surface area contributed by atoms with Crippen LogP contribution in [0.25, 0.3) is 0 Å². The maximum atomic E-state index is 12.9. The van der Waals surface area contributed by atoms with E-state index < -0.39 is 10.0 Å². The van der Waals surface area contributed by atoms with Crippen LogP contribution >= 0.6 is 15.9 Å². The highest BCUT2D eigenvalue weighted by molar-refractivity contribution is 9.10. The van der Waals surface area contributed by atoms with E-state index in [4.69, 9.17) is 0 Å². The Bertz CT molecular complexity index is 543. The second kappa shape index (κ2) is 7.05. The number of hydrogen-bond donors (Lipinski definition) is 0. The van der Waals surface area contributed by atoms with E-state index >= 15 is 0 Å². The lowest BCUT2D eigenvalue weighted by Crippen LogP contribution is -2.37. The van der Waals surface area contributed by atoms with Gasteiger partial charge < -0.3 is 0 Å². The average Bonchev–Trinajstić information content (AvgIpc) is 2.30. The quantitative estimate of drug-likeness (QED) is 0.765. The monoisotopic (exact) mass is 361 g/mol. The Morgan fingerprint density at radius 2 is 1.60 bits per heavy atom. The summed E-state index contributed by atoms with van der Waals surface area (Å²) in [6, 6.07) is 5.39. The molecule has 0 amide bonds. The fourth-order valence-corrected chi connectivity index (χ4v) is 4.61. The van der Waals surface area contributed by atoms with Crippen molar-refractivity contribution in [2.75, 3.05) is 13.1 Å². The molecular weight excluding hydrogens is 338 g/mol. The molecule has 1 aromatic rings. The minimum absolute atomic E-state index is 0.302. The highest BCUT2D eigenvalue weighted by Gasteiger charge is 2.27. The van der Waals surface area contributed by atoms with Crippen LogP contribution in [0.4, 0.5) is 0 Å². The Balaban J connectivity index is 3.24. The molecule has 0 N–H and O–H groups in total. The van der Waals surface area contributed by atoms with Crippen molar-refractivity contribution in [3.8, 4) is 0 Å². The number of nitrogens with zero attached hydrogens (tertiary/aromatic N) is 1. The van der Waals surface area contributed by atoms with Gasteiger partial charge in [-0.15, -0.1) is 0 Å². The molecule has 3 nitrogen and oxygen atoms in total. The van der Waals surface area contributed by atoms with Gasteiger partial charge in [0.1, 0.15) is 0 Å². The van der Waals surface area contributed by atoms with Crippen molar-refractivity contribution in [2.24, 2.45) is 11.8 Å². The molecular formula is C15H24BrNO2S. The zero-order chi connectivity index (χ0) is 15.5. The van der Waals surface area contributed by atoms with Crippen LogP contribution in [0.3, 0.4) is 0 Å². The second-order valence-electron chi connectivity index (χ2n) is 6.02. The Labute approximate surface area is 131 Å². The van der Waals surface area contributed by atoms with Crippen LogP contribution in [-0.4, -0.2) is 25.8 Å². The minimum Gasteiger partial charge on any atom is -0.207 e. The van der Waals surface area contributed by atoms with Gasteiger partial charge in [-0.2, -0.15) is 4.31 Å². The molecule has 20 heavy (non-hydrogen) atoms. The molecule has 0 spiro atoms. The van der Waals surface area contributed by atoms with E-state index in [1.54, 1.807) is 10.4 Å². The minimum atomic E-state index is -3.44. The first-order chi connectivity index (χ1) is 9.14. The van der Waals surface area contributed by atoms with E-state index in [1.807, 2.05) is 46.8 Å². The number of halogens is 1. The second-order valence-corrected chi connectivity index (χ2v) is 8.84. The average molecular weight is 362 g/mol. The van der Waals surface area contributed by atoms with Gasteiger partial charge in [0, 0.05) is 17.6 Å². The summed E-state index contributed by atoms with van der Waals surface area (Å²) in [6.45, 7) is 11.1. The Morgan fingerprint density at radius 3 is 2.05 bits per heavy atom.